The van der Waals surface area contributed by atoms with Crippen molar-refractivity contribution in [1.29, 1.82) is 0 Å². The minimum absolute atomic E-state index is 0.0698. The van der Waals surface area contributed by atoms with E-state index in [9.17, 15) is 23.8 Å². The maximum Gasteiger partial charge on any atom is 0.240 e. The molecule has 7 N–H and O–H groups in total. The highest BCUT2D eigenvalue weighted by atomic mass is 35.5. The number of halogens is 1. The first-order chi connectivity index (χ1) is 24.6. The minimum Gasteiger partial charge on any atom is -0.376 e. The quantitative estimate of drug-likeness (QED) is 0.0602. The van der Waals surface area contributed by atoms with Gasteiger partial charge in [0.15, 0.2) is 0 Å². The average molecular weight is 728 g/mol. The second kappa shape index (κ2) is 17.9. The van der Waals surface area contributed by atoms with Crippen LogP contribution in [0.2, 0.25) is 5.02 Å². The Morgan fingerprint density at radius 2 is 1.53 bits per heavy atom. The van der Waals surface area contributed by atoms with Crippen molar-refractivity contribution in [3.05, 3.63) is 137 Å². The molecular weight excluding hydrogens is 685 g/mol. The maximum atomic E-state index is 14.4. The highest BCUT2D eigenvalue weighted by Gasteiger charge is 2.38. The van der Waals surface area contributed by atoms with Crippen LogP contribution in [0.3, 0.4) is 0 Å². The van der Waals surface area contributed by atoms with Gasteiger partial charge in [-0.3, -0.25) is 18.9 Å². The van der Waals surface area contributed by atoms with Crippen LogP contribution in [0, 0.1) is 5.92 Å². The molecule has 51 heavy (non-hydrogen) atoms. The lowest BCUT2D eigenvalue weighted by Gasteiger charge is -2.28. The second-order valence-electron chi connectivity index (χ2n) is 12.7. The Hall–Kier alpha value is -4.89. The van der Waals surface area contributed by atoms with E-state index in [1.165, 1.54) is 0 Å². The van der Waals surface area contributed by atoms with Gasteiger partial charge in [-0.2, -0.15) is 0 Å². The average Bonchev–Trinajstić information content (AvgIpc) is 3.53. The van der Waals surface area contributed by atoms with Gasteiger partial charge < -0.3 is 31.6 Å². The third-order valence-electron chi connectivity index (χ3n) is 8.84. The minimum atomic E-state index is -4.27. The number of anilines is 1. The van der Waals surface area contributed by atoms with Gasteiger partial charge in [-0.05, 0) is 60.2 Å². The molecule has 12 heteroatoms. The van der Waals surface area contributed by atoms with Crippen molar-refractivity contribution in [3.8, 4) is 0 Å². The number of primary amides is 1. The Morgan fingerprint density at radius 3 is 2.24 bits per heavy atom. The lowest BCUT2D eigenvalue weighted by molar-refractivity contribution is -0.129. The number of aromatic nitrogens is 1. The third-order valence-corrected chi connectivity index (χ3v) is 11.3. The molecule has 3 amide bonds. The van der Waals surface area contributed by atoms with E-state index in [1.807, 2.05) is 84.9 Å². The molecule has 4 atom stereocenters. The number of rotatable bonds is 18. The molecule has 0 saturated carbocycles. The van der Waals surface area contributed by atoms with E-state index in [0.29, 0.717) is 23.6 Å². The van der Waals surface area contributed by atoms with Crippen molar-refractivity contribution in [2.75, 3.05) is 18.0 Å². The molecule has 0 fully saturated rings. The summed E-state index contributed by atoms with van der Waals surface area (Å²) < 4.78 is 14.4. The van der Waals surface area contributed by atoms with Crippen molar-refractivity contribution in [2.24, 2.45) is 11.7 Å². The van der Waals surface area contributed by atoms with Crippen LogP contribution in [0.25, 0.3) is 10.9 Å². The zero-order chi connectivity index (χ0) is 36.2. The highest BCUT2D eigenvalue weighted by molar-refractivity contribution is 7.58. The zero-order valence-electron chi connectivity index (χ0n) is 28.1. The second-order valence-corrected chi connectivity index (χ2v) is 15.6. The van der Waals surface area contributed by atoms with Gasteiger partial charge in [0.25, 0.3) is 0 Å². The summed E-state index contributed by atoms with van der Waals surface area (Å²) in [5.74, 6) is -3.90. The van der Waals surface area contributed by atoms with Crippen molar-refractivity contribution in [2.45, 2.75) is 43.9 Å². The van der Waals surface area contributed by atoms with Crippen LogP contribution in [0.4, 0.5) is 5.69 Å². The number of para-hydroxylation sites is 1. The third kappa shape index (κ3) is 11.0. The fourth-order valence-electron chi connectivity index (χ4n) is 6.13. The van der Waals surface area contributed by atoms with Crippen LogP contribution >= 0.6 is 19.0 Å². The van der Waals surface area contributed by atoms with Crippen molar-refractivity contribution in [1.82, 2.24) is 15.6 Å². The summed E-state index contributed by atoms with van der Waals surface area (Å²) in [6.45, 7) is -0.166. The molecule has 10 nitrogen and oxygen atoms in total. The number of hydrogen-bond donors (Lipinski definition) is 6. The number of aryl methyl sites for hydroxylation is 1. The fourth-order valence-corrected chi connectivity index (χ4v) is 8.39. The zero-order valence-corrected chi connectivity index (χ0v) is 29.8. The smallest absolute Gasteiger partial charge is 0.240 e. The van der Waals surface area contributed by atoms with Gasteiger partial charge in [0.05, 0.1) is 6.54 Å². The summed E-state index contributed by atoms with van der Waals surface area (Å²) in [5.41, 5.74) is 9.92. The summed E-state index contributed by atoms with van der Waals surface area (Å²) in [7, 11) is -4.27. The summed E-state index contributed by atoms with van der Waals surface area (Å²) in [6, 6.07) is 32.3. The molecule has 0 radical (unpaired) electrons. The number of amides is 3. The molecular formula is C39H43ClN5O5P. The highest BCUT2D eigenvalue weighted by Crippen LogP contribution is 2.49. The summed E-state index contributed by atoms with van der Waals surface area (Å²) in [5, 5.41) is 9.96. The largest absolute Gasteiger partial charge is 0.376 e. The number of hydrogen-bond acceptors (Lipinski definition) is 5. The number of nitrogens with one attached hydrogen (secondary N) is 4. The van der Waals surface area contributed by atoms with Crippen LogP contribution in [0.1, 0.15) is 29.5 Å². The first-order valence-corrected chi connectivity index (χ1v) is 19.2. The van der Waals surface area contributed by atoms with E-state index in [0.717, 1.165) is 27.6 Å². The fraction of sp³-hybridized carbons (Fsp3) is 0.256. The Balaban J connectivity index is 1.35. The lowest BCUT2D eigenvalue weighted by atomic mass is 9.98. The van der Waals surface area contributed by atoms with Gasteiger partial charge in [0.2, 0.25) is 25.1 Å². The van der Waals surface area contributed by atoms with E-state index < -0.39 is 49.0 Å². The summed E-state index contributed by atoms with van der Waals surface area (Å²) in [6.07, 6.45) is 3.05. The molecule has 0 aliphatic rings. The first-order valence-electron chi connectivity index (χ1n) is 16.9. The molecule has 0 aliphatic heterocycles. The molecule has 0 saturated heterocycles. The molecule has 0 bridgehead atoms. The number of nitrogens with two attached hydrogens (primary N) is 1. The van der Waals surface area contributed by atoms with E-state index in [-0.39, 0.29) is 25.8 Å². The van der Waals surface area contributed by atoms with Crippen LogP contribution in [0.15, 0.2) is 115 Å². The van der Waals surface area contributed by atoms with E-state index in [1.54, 1.807) is 30.5 Å². The molecule has 266 valence electrons. The monoisotopic (exact) mass is 727 g/mol. The van der Waals surface area contributed by atoms with Crippen LogP contribution < -0.4 is 21.7 Å². The molecule has 5 rings (SSSR count). The Kier molecular flexibility index (Phi) is 13.1. The Labute approximate surface area is 302 Å². The van der Waals surface area contributed by atoms with Gasteiger partial charge in [-0.1, -0.05) is 96.5 Å². The topological polar surface area (TPSA) is 166 Å². The first kappa shape index (κ1) is 37.4. The number of carbonyl (C=O) groups is 3. The van der Waals surface area contributed by atoms with Gasteiger partial charge in [0, 0.05) is 52.7 Å². The number of fused-ring (bicyclic) bond motifs is 1. The summed E-state index contributed by atoms with van der Waals surface area (Å²) >= 11 is 6.08. The van der Waals surface area contributed by atoms with Crippen molar-refractivity contribution in [3.63, 3.8) is 0 Å². The van der Waals surface area contributed by atoms with E-state index in [2.05, 4.69) is 20.9 Å². The molecule has 0 aliphatic carbocycles. The number of benzene rings is 4. The molecule has 5 aromatic rings. The predicted molar refractivity (Wildman–Crippen MR) is 203 cm³/mol. The van der Waals surface area contributed by atoms with Gasteiger partial charge >= 0.3 is 0 Å². The van der Waals surface area contributed by atoms with Gasteiger partial charge in [0.1, 0.15) is 11.8 Å². The number of carbonyl (C=O) groups excluding carboxylic acids is 3. The van der Waals surface area contributed by atoms with Gasteiger partial charge in [-0.15, -0.1) is 0 Å². The molecule has 4 aromatic carbocycles. The van der Waals surface area contributed by atoms with Crippen molar-refractivity contribution >= 4 is 53.3 Å². The number of aromatic amines is 1. The molecule has 1 aromatic heterocycles. The van der Waals surface area contributed by atoms with Crippen LogP contribution in [0.5, 0.6) is 0 Å². The number of H-pyrrole nitrogens is 1. The SMILES string of the molecule is NC(=O)[C@H](Cc1c[nH]c2ccccc12)NC(=O)C(CCCc1ccccc1)CP(=O)(O)C(Cc1ccccc1)NC(=O)CNc1cccc(Cl)c1. The lowest BCUT2D eigenvalue weighted by Crippen LogP contribution is -2.49. The van der Waals surface area contributed by atoms with Crippen molar-refractivity contribution < 1.29 is 23.8 Å². The molecule has 0 spiro atoms. The Bertz CT molecular complexity index is 1970. The van der Waals surface area contributed by atoms with E-state index in [4.69, 9.17) is 17.3 Å². The molecule has 3 unspecified atom stereocenters. The van der Waals surface area contributed by atoms with Crippen LogP contribution in [-0.2, 0) is 38.2 Å². The molecule has 1 heterocycles. The normalized spacial score (nSPS) is 14.2. The summed E-state index contributed by atoms with van der Waals surface area (Å²) in [4.78, 5) is 54.7. The van der Waals surface area contributed by atoms with Gasteiger partial charge in [-0.25, -0.2) is 0 Å². The van der Waals surface area contributed by atoms with Crippen LogP contribution in [-0.4, -0.2) is 52.1 Å². The maximum absolute atomic E-state index is 14.4. The Morgan fingerprint density at radius 1 is 0.843 bits per heavy atom. The standard InChI is InChI=1S/C39H43ClN5O5P/c40-31-17-10-18-32(23-31)42-25-36(46)45-37(21-28-13-5-2-6-14-28)51(49,50)26-29(16-9-15-27-11-3-1-4-12-27)39(48)44-35(38(41)47)22-30-24-43-34-20-8-7-19-33(30)34/h1-8,10-14,17-20,23-24,29,35,37,42-43H,9,15-16,21-22,25-26H2,(H2,41,47)(H,44,48)(H,45,46)(H,49,50)/t29?,35-,37?/m0/s1. The predicted octanol–water partition coefficient (Wildman–Crippen LogP) is 6.04. The van der Waals surface area contributed by atoms with E-state index >= 15 is 0 Å².